The van der Waals surface area contributed by atoms with Gasteiger partial charge >= 0.3 is 0 Å². The minimum absolute atomic E-state index is 0.876. The molecule has 13 aromatic rings. The monoisotopic (exact) mass is 839 g/mol. The highest BCUT2D eigenvalue weighted by Gasteiger charge is 2.16. The second-order valence-corrected chi connectivity index (χ2v) is 17.3. The van der Waals surface area contributed by atoms with Gasteiger partial charge in [0.25, 0.3) is 0 Å². The summed E-state index contributed by atoms with van der Waals surface area (Å²) in [6.45, 7) is 0. The van der Waals surface area contributed by atoms with Crippen molar-refractivity contribution < 1.29 is 4.42 Å². The first-order chi connectivity index (χ1) is 32.7. The van der Waals surface area contributed by atoms with E-state index in [0.717, 1.165) is 44.9 Å². The van der Waals surface area contributed by atoms with E-state index in [-0.39, 0.29) is 0 Å². The summed E-state index contributed by atoms with van der Waals surface area (Å²) in [6, 6.07) is 90.4. The quantitative estimate of drug-likeness (QED) is 0.149. The van der Waals surface area contributed by atoms with Gasteiger partial charge in [-0.05, 0) is 160 Å². The molecule has 0 radical (unpaired) electrons. The van der Waals surface area contributed by atoms with Gasteiger partial charge < -0.3 is 9.32 Å². The SMILES string of the molecule is c1cc(-c2ccc3cc(N(c4ccc(-c5ccc6c(ccc7ccccc76)c5)cc4)c4ccc(-c5cc6ccccc6c6ccccc56)cc4)ccc3c2)cc(-c2cc3ccccc3o2)c1. The highest BCUT2D eigenvalue weighted by atomic mass is 16.3. The number of anilines is 3. The zero-order valence-corrected chi connectivity index (χ0v) is 36.0. The van der Waals surface area contributed by atoms with Gasteiger partial charge in [0, 0.05) is 28.0 Å². The standard InChI is InChI=1S/C64H41NO/c1-4-15-57-43(10-1)20-23-51-37-46(29-35-59(51)57)42-24-30-54(31-25-42)65(55-32-26-44(27-33-55)62-40-50-11-2-5-16-58(50)60-17-6-7-18-61(60)62)56-34-28-48-36-47(21-22-49(48)39-56)45-13-9-14-52(38-45)64-41-53-12-3-8-19-63(53)66-64/h1-41H. The molecule has 308 valence electrons. The maximum atomic E-state index is 6.24. The van der Waals surface area contributed by atoms with Gasteiger partial charge in [-0.2, -0.15) is 0 Å². The summed E-state index contributed by atoms with van der Waals surface area (Å²) in [5.41, 5.74) is 12.4. The number of benzene rings is 12. The fourth-order valence-electron chi connectivity index (χ4n) is 10.1. The lowest BCUT2D eigenvalue weighted by molar-refractivity contribution is 0.631. The van der Waals surface area contributed by atoms with Crippen molar-refractivity contribution in [3.05, 3.63) is 249 Å². The van der Waals surface area contributed by atoms with Crippen molar-refractivity contribution in [1.82, 2.24) is 0 Å². The average molecular weight is 840 g/mol. The van der Waals surface area contributed by atoms with E-state index in [4.69, 9.17) is 4.42 Å². The summed E-state index contributed by atoms with van der Waals surface area (Å²) in [7, 11) is 0. The maximum Gasteiger partial charge on any atom is 0.135 e. The second-order valence-electron chi connectivity index (χ2n) is 17.3. The van der Waals surface area contributed by atoms with Gasteiger partial charge in [-0.25, -0.2) is 0 Å². The van der Waals surface area contributed by atoms with E-state index in [1.54, 1.807) is 0 Å². The molecule has 0 fully saturated rings. The van der Waals surface area contributed by atoms with E-state index in [0.29, 0.717) is 0 Å². The molecule has 12 aromatic carbocycles. The lowest BCUT2D eigenvalue weighted by Crippen LogP contribution is -2.09. The molecule has 1 heterocycles. The summed E-state index contributed by atoms with van der Waals surface area (Å²) in [5.74, 6) is 0.876. The molecule has 0 unspecified atom stereocenters. The Morgan fingerprint density at radius 3 is 1.55 bits per heavy atom. The molecule has 0 aliphatic rings. The third kappa shape index (κ3) is 6.58. The van der Waals surface area contributed by atoms with E-state index in [1.807, 2.05) is 18.2 Å². The number of furan rings is 1. The van der Waals surface area contributed by atoms with Crippen LogP contribution in [0.15, 0.2) is 253 Å². The molecule has 0 atom stereocenters. The third-order valence-electron chi connectivity index (χ3n) is 13.4. The number of hydrogen-bond acceptors (Lipinski definition) is 2. The Morgan fingerprint density at radius 1 is 0.242 bits per heavy atom. The number of para-hydroxylation sites is 1. The van der Waals surface area contributed by atoms with Crippen LogP contribution >= 0.6 is 0 Å². The maximum absolute atomic E-state index is 6.24. The molecular formula is C64H41NO. The van der Waals surface area contributed by atoms with E-state index < -0.39 is 0 Å². The van der Waals surface area contributed by atoms with Crippen LogP contribution in [0.4, 0.5) is 17.1 Å². The number of rotatable bonds is 7. The molecule has 0 saturated heterocycles. The smallest absolute Gasteiger partial charge is 0.135 e. The minimum atomic E-state index is 0.876. The molecule has 0 saturated carbocycles. The zero-order chi connectivity index (χ0) is 43.6. The largest absolute Gasteiger partial charge is 0.456 e. The van der Waals surface area contributed by atoms with E-state index in [1.165, 1.54) is 81.7 Å². The molecule has 66 heavy (non-hydrogen) atoms. The van der Waals surface area contributed by atoms with E-state index in [9.17, 15) is 0 Å². The predicted octanol–water partition coefficient (Wildman–Crippen LogP) is 18.3. The van der Waals surface area contributed by atoms with Gasteiger partial charge in [-0.1, -0.05) is 176 Å². The molecule has 0 aliphatic heterocycles. The molecule has 0 amide bonds. The lowest BCUT2D eigenvalue weighted by atomic mass is 9.93. The van der Waals surface area contributed by atoms with Crippen molar-refractivity contribution in [2.75, 3.05) is 4.90 Å². The second kappa shape index (κ2) is 15.5. The summed E-state index contributed by atoms with van der Waals surface area (Å²) in [5, 5.41) is 13.6. The minimum Gasteiger partial charge on any atom is -0.456 e. The average Bonchev–Trinajstić information content (AvgIpc) is 3.83. The van der Waals surface area contributed by atoms with Crippen LogP contribution < -0.4 is 4.90 Å². The van der Waals surface area contributed by atoms with Crippen molar-refractivity contribution in [3.8, 4) is 44.7 Å². The highest BCUT2D eigenvalue weighted by Crippen LogP contribution is 2.41. The summed E-state index contributed by atoms with van der Waals surface area (Å²) < 4.78 is 6.24. The zero-order valence-electron chi connectivity index (χ0n) is 36.0. The molecule has 0 bridgehead atoms. The Kier molecular flexibility index (Phi) is 8.89. The van der Waals surface area contributed by atoms with E-state index >= 15 is 0 Å². The molecule has 1 aromatic heterocycles. The van der Waals surface area contributed by atoms with Gasteiger partial charge in [0.05, 0.1) is 0 Å². The van der Waals surface area contributed by atoms with Crippen LogP contribution in [-0.2, 0) is 0 Å². The van der Waals surface area contributed by atoms with Crippen LogP contribution in [0.1, 0.15) is 0 Å². The molecule has 0 N–H and O–H groups in total. The van der Waals surface area contributed by atoms with Crippen molar-refractivity contribution in [1.29, 1.82) is 0 Å². The molecule has 0 spiro atoms. The van der Waals surface area contributed by atoms with Crippen molar-refractivity contribution in [3.63, 3.8) is 0 Å². The van der Waals surface area contributed by atoms with Gasteiger partial charge in [0.15, 0.2) is 0 Å². The van der Waals surface area contributed by atoms with E-state index in [2.05, 4.69) is 235 Å². The normalized spacial score (nSPS) is 11.6. The lowest BCUT2D eigenvalue weighted by Gasteiger charge is -2.26. The number of hydrogen-bond donors (Lipinski definition) is 0. The number of nitrogens with zero attached hydrogens (tertiary/aromatic N) is 1. The van der Waals surface area contributed by atoms with Gasteiger partial charge in [0.1, 0.15) is 11.3 Å². The van der Waals surface area contributed by atoms with Crippen LogP contribution in [0.3, 0.4) is 0 Å². The highest BCUT2D eigenvalue weighted by molar-refractivity contribution is 6.14. The summed E-state index contributed by atoms with van der Waals surface area (Å²) in [6.07, 6.45) is 0. The van der Waals surface area contributed by atoms with Crippen molar-refractivity contribution in [2.45, 2.75) is 0 Å². The Balaban J connectivity index is 0.881. The van der Waals surface area contributed by atoms with Crippen molar-refractivity contribution >= 4 is 81.9 Å². The van der Waals surface area contributed by atoms with Gasteiger partial charge in [-0.3, -0.25) is 0 Å². The first-order valence-corrected chi connectivity index (χ1v) is 22.6. The fraction of sp³-hybridized carbons (Fsp3) is 0. The van der Waals surface area contributed by atoms with Crippen LogP contribution in [0, 0.1) is 0 Å². The Bertz CT molecular complexity index is 3960. The van der Waals surface area contributed by atoms with Gasteiger partial charge in [-0.15, -0.1) is 0 Å². The molecule has 0 aliphatic carbocycles. The van der Waals surface area contributed by atoms with Crippen molar-refractivity contribution in [2.24, 2.45) is 0 Å². The van der Waals surface area contributed by atoms with Crippen LogP contribution in [0.25, 0.3) is 110 Å². The molecule has 13 rings (SSSR count). The molecule has 2 heteroatoms. The Morgan fingerprint density at radius 2 is 0.742 bits per heavy atom. The van der Waals surface area contributed by atoms with Crippen LogP contribution in [0.5, 0.6) is 0 Å². The summed E-state index contributed by atoms with van der Waals surface area (Å²) in [4.78, 5) is 2.38. The summed E-state index contributed by atoms with van der Waals surface area (Å²) >= 11 is 0. The predicted molar refractivity (Wildman–Crippen MR) is 280 cm³/mol. The Hall–Kier alpha value is -8.72. The first kappa shape index (κ1) is 37.8. The number of fused-ring (bicyclic) bond motifs is 8. The van der Waals surface area contributed by atoms with Crippen LogP contribution in [0.2, 0.25) is 0 Å². The third-order valence-corrected chi connectivity index (χ3v) is 13.4. The Labute approximate surface area is 382 Å². The fourth-order valence-corrected chi connectivity index (χ4v) is 10.1. The topological polar surface area (TPSA) is 16.4 Å². The first-order valence-electron chi connectivity index (χ1n) is 22.6. The molecule has 2 nitrogen and oxygen atoms in total. The van der Waals surface area contributed by atoms with Crippen LogP contribution in [-0.4, -0.2) is 0 Å². The van der Waals surface area contributed by atoms with Gasteiger partial charge in [0.2, 0.25) is 0 Å². The molecular weight excluding hydrogens is 799 g/mol.